The van der Waals surface area contributed by atoms with Gasteiger partial charge in [-0.15, -0.1) is 0 Å². The molecule has 1 aromatic heterocycles. The molecule has 2 N–H and O–H groups in total. The van der Waals surface area contributed by atoms with Crippen molar-refractivity contribution in [2.45, 2.75) is 45.4 Å². The minimum absolute atomic E-state index is 0.449. The maximum absolute atomic E-state index is 5.78. The van der Waals surface area contributed by atoms with Gasteiger partial charge in [-0.05, 0) is 49.4 Å². The van der Waals surface area contributed by atoms with Crippen molar-refractivity contribution >= 4 is 5.69 Å². The molecule has 0 spiro atoms. The minimum Gasteiger partial charge on any atom is -0.399 e. The number of hydrogen-bond acceptors (Lipinski definition) is 4. The van der Waals surface area contributed by atoms with Gasteiger partial charge in [-0.2, -0.15) is 4.98 Å². The fourth-order valence-electron chi connectivity index (χ4n) is 3.11. The number of aryl methyl sites for hydroxylation is 1. The van der Waals surface area contributed by atoms with Crippen LogP contribution in [0.4, 0.5) is 5.69 Å². The maximum Gasteiger partial charge on any atom is 0.258 e. The van der Waals surface area contributed by atoms with Gasteiger partial charge >= 0.3 is 0 Å². The predicted octanol–water partition coefficient (Wildman–Crippen LogP) is 3.92. The summed E-state index contributed by atoms with van der Waals surface area (Å²) in [5.41, 5.74) is 8.57. The van der Waals surface area contributed by atoms with Gasteiger partial charge in [0.25, 0.3) is 5.89 Å². The van der Waals surface area contributed by atoms with Crippen molar-refractivity contribution in [1.82, 2.24) is 10.1 Å². The van der Waals surface area contributed by atoms with Crippen LogP contribution in [0.25, 0.3) is 11.5 Å². The first-order valence-corrected chi connectivity index (χ1v) is 7.33. The van der Waals surface area contributed by atoms with Crippen LogP contribution in [0.15, 0.2) is 22.7 Å². The molecule has 1 aromatic carbocycles. The second-order valence-corrected chi connectivity index (χ2v) is 6.00. The van der Waals surface area contributed by atoms with Gasteiger partial charge in [0, 0.05) is 17.2 Å². The zero-order valence-electron chi connectivity index (χ0n) is 12.1. The lowest BCUT2D eigenvalue weighted by Gasteiger charge is -2.23. The molecule has 0 aliphatic heterocycles. The first kappa shape index (κ1) is 13.2. The van der Waals surface area contributed by atoms with E-state index in [2.05, 4.69) is 17.1 Å². The topological polar surface area (TPSA) is 64.9 Å². The molecule has 4 nitrogen and oxygen atoms in total. The molecule has 0 saturated heterocycles. The third-order valence-electron chi connectivity index (χ3n) is 4.22. The first-order chi connectivity index (χ1) is 9.63. The average molecular weight is 271 g/mol. The van der Waals surface area contributed by atoms with Gasteiger partial charge in [-0.25, -0.2) is 0 Å². The Hall–Kier alpha value is -1.84. The number of nitrogens with two attached hydrogens (primary N) is 1. The molecule has 1 heterocycles. The summed E-state index contributed by atoms with van der Waals surface area (Å²) in [6.07, 6.45) is 4.92. The normalized spacial score (nSPS) is 22.9. The Morgan fingerprint density at radius 1 is 1.30 bits per heavy atom. The fraction of sp³-hybridized carbons (Fsp3) is 0.500. The summed E-state index contributed by atoms with van der Waals surface area (Å²) in [4.78, 5) is 4.61. The lowest BCUT2D eigenvalue weighted by molar-refractivity contribution is 0.324. The fourth-order valence-corrected chi connectivity index (χ4v) is 3.11. The van der Waals surface area contributed by atoms with Gasteiger partial charge in [0.1, 0.15) is 0 Å². The highest BCUT2D eigenvalue weighted by Gasteiger charge is 2.25. The summed E-state index contributed by atoms with van der Waals surface area (Å²) in [6, 6.07) is 5.75. The maximum atomic E-state index is 5.78. The molecule has 2 atom stereocenters. The Morgan fingerprint density at radius 2 is 2.15 bits per heavy atom. The molecule has 0 bridgehead atoms. The predicted molar refractivity (Wildman–Crippen MR) is 79.3 cm³/mol. The van der Waals surface area contributed by atoms with E-state index >= 15 is 0 Å². The quantitative estimate of drug-likeness (QED) is 0.841. The third kappa shape index (κ3) is 2.55. The molecule has 0 amide bonds. The van der Waals surface area contributed by atoms with Gasteiger partial charge in [0.2, 0.25) is 0 Å². The molecule has 20 heavy (non-hydrogen) atoms. The van der Waals surface area contributed by atoms with Crippen LogP contribution in [0.3, 0.4) is 0 Å². The van der Waals surface area contributed by atoms with E-state index in [-0.39, 0.29) is 0 Å². The van der Waals surface area contributed by atoms with Crippen LogP contribution in [-0.4, -0.2) is 10.1 Å². The van der Waals surface area contributed by atoms with Crippen molar-refractivity contribution in [3.8, 4) is 11.5 Å². The highest BCUT2D eigenvalue weighted by atomic mass is 16.5. The van der Waals surface area contributed by atoms with Crippen LogP contribution in [0.5, 0.6) is 0 Å². The number of nitrogens with zero attached hydrogens (tertiary/aromatic N) is 2. The molecule has 1 aliphatic rings. The van der Waals surface area contributed by atoms with E-state index in [0.29, 0.717) is 11.8 Å². The van der Waals surface area contributed by atoms with E-state index in [0.717, 1.165) is 28.6 Å². The van der Waals surface area contributed by atoms with Crippen LogP contribution in [0.1, 0.15) is 49.9 Å². The van der Waals surface area contributed by atoms with Gasteiger partial charge in [0.05, 0.1) is 0 Å². The molecule has 1 aliphatic carbocycles. The number of benzene rings is 1. The largest absolute Gasteiger partial charge is 0.399 e. The van der Waals surface area contributed by atoms with Crippen LogP contribution >= 0.6 is 0 Å². The summed E-state index contributed by atoms with van der Waals surface area (Å²) >= 11 is 0. The Morgan fingerprint density at radius 3 is 2.90 bits per heavy atom. The monoisotopic (exact) mass is 271 g/mol. The SMILES string of the molecule is Cc1cc(N)ccc1-c1nc(C2CCCC(C)C2)no1. The summed E-state index contributed by atoms with van der Waals surface area (Å²) in [5.74, 6) is 2.68. The molecule has 1 saturated carbocycles. The van der Waals surface area contributed by atoms with Crippen LogP contribution < -0.4 is 5.73 Å². The van der Waals surface area contributed by atoms with E-state index in [1.54, 1.807) is 0 Å². The van der Waals surface area contributed by atoms with Crippen LogP contribution in [-0.2, 0) is 0 Å². The summed E-state index contributed by atoms with van der Waals surface area (Å²) in [6.45, 7) is 4.32. The van der Waals surface area contributed by atoms with Crippen molar-refractivity contribution in [2.24, 2.45) is 5.92 Å². The van der Waals surface area contributed by atoms with E-state index in [1.165, 1.54) is 25.7 Å². The second-order valence-electron chi connectivity index (χ2n) is 6.00. The van der Waals surface area contributed by atoms with Crippen LogP contribution in [0, 0.1) is 12.8 Å². The number of nitrogen functional groups attached to an aromatic ring is 1. The van der Waals surface area contributed by atoms with E-state index in [4.69, 9.17) is 10.3 Å². The lowest BCUT2D eigenvalue weighted by Crippen LogP contribution is -2.12. The molecule has 0 radical (unpaired) electrons. The van der Waals surface area contributed by atoms with Crippen molar-refractivity contribution in [3.05, 3.63) is 29.6 Å². The van der Waals surface area contributed by atoms with Gasteiger partial charge in [0.15, 0.2) is 5.82 Å². The molecule has 4 heteroatoms. The molecular formula is C16H21N3O. The zero-order valence-corrected chi connectivity index (χ0v) is 12.1. The Labute approximate surface area is 119 Å². The van der Waals surface area contributed by atoms with Crippen molar-refractivity contribution < 1.29 is 4.52 Å². The molecule has 106 valence electrons. The Balaban J connectivity index is 1.86. The molecule has 1 fully saturated rings. The molecule has 3 rings (SSSR count). The molecule has 2 aromatic rings. The number of rotatable bonds is 2. The molecule has 2 unspecified atom stereocenters. The van der Waals surface area contributed by atoms with Crippen molar-refractivity contribution in [3.63, 3.8) is 0 Å². The van der Waals surface area contributed by atoms with Gasteiger partial charge in [-0.1, -0.05) is 24.9 Å². The second kappa shape index (κ2) is 5.27. The molecular weight excluding hydrogens is 250 g/mol. The third-order valence-corrected chi connectivity index (χ3v) is 4.22. The van der Waals surface area contributed by atoms with Crippen molar-refractivity contribution in [2.75, 3.05) is 5.73 Å². The van der Waals surface area contributed by atoms with Crippen LogP contribution in [0.2, 0.25) is 0 Å². The Kier molecular flexibility index (Phi) is 3.47. The van der Waals surface area contributed by atoms with Gasteiger partial charge in [-0.3, -0.25) is 0 Å². The smallest absolute Gasteiger partial charge is 0.258 e. The highest BCUT2D eigenvalue weighted by molar-refractivity contribution is 5.62. The summed E-state index contributed by atoms with van der Waals surface area (Å²) in [7, 11) is 0. The Bertz CT molecular complexity index is 606. The lowest BCUT2D eigenvalue weighted by atomic mass is 9.82. The average Bonchev–Trinajstić information content (AvgIpc) is 2.88. The van der Waals surface area contributed by atoms with E-state index in [9.17, 15) is 0 Å². The van der Waals surface area contributed by atoms with E-state index in [1.807, 2.05) is 25.1 Å². The highest BCUT2D eigenvalue weighted by Crippen LogP contribution is 2.35. The first-order valence-electron chi connectivity index (χ1n) is 7.33. The zero-order chi connectivity index (χ0) is 14.1. The minimum atomic E-state index is 0.449. The number of hydrogen-bond donors (Lipinski definition) is 1. The summed E-state index contributed by atoms with van der Waals surface area (Å²) < 4.78 is 5.46. The van der Waals surface area contributed by atoms with Crippen molar-refractivity contribution in [1.29, 1.82) is 0 Å². The summed E-state index contributed by atoms with van der Waals surface area (Å²) in [5, 5.41) is 4.20. The number of anilines is 1. The van der Waals surface area contributed by atoms with Gasteiger partial charge < -0.3 is 10.3 Å². The standard InChI is InChI=1S/C16H21N3O/c1-10-4-3-5-12(8-10)15-18-16(20-19-15)14-7-6-13(17)9-11(14)2/h6-7,9-10,12H,3-5,8,17H2,1-2H3. The number of aromatic nitrogens is 2. The van der Waals surface area contributed by atoms with E-state index < -0.39 is 0 Å².